The summed E-state index contributed by atoms with van der Waals surface area (Å²) in [6.07, 6.45) is 0. The van der Waals surface area contributed by atoms with Gasteiger partial charge in [-0.15, -0.1) is 0 Å². The van der Waals surface area contributed by atoms with Gasteiger partial charge in [0.25, 0.3) is 0 Å². The van der Waals surface area contributed by atoms with E-state index in [0.29, 0.717) is 12.4 Å². The number of benzene rings is 1. The summed E-state index contributed by atoms with van der Waals surface area (Å²) < 4.78 is 5.60. The molecular formula is C13H12O3S. The summed E-state index contributed by atoms with van der Waals surface area (Å²) in [5, 5.41) is 13.0. The Morgan fingerprint density at radius 3 is 2.88 bits per heavy atom. The third-order valence-electron chi connectivity index (χ3n) is 2.41. The van der Waals surface area contributed by atoms with E-state index < -0.39 is 5.97 Å². The molecule has 1 N–H and O–H groups in total. The molecule has 2 rings (SSSR count). The van der Waals surface area contributed by atoms with E-state index in [0.717, 1.165) is 11.1 Å². The van der Waals surface area contributed by atoms with Crippen LogP contribution in [0.15, 0.2) is 35.0 Å². The van der Waals surface area contributed by atoms with E-state index in [9.17, 15) is 4.79 Å². The number of carboxylic acid groups (broad SMARTS) is 1. The molecule has 0 fully saturated rings. The molecule has 0 saturated heterocycles. The average Bonchev–Trinajstić information content (AvgIpc) is 2.80. The van der Waals surface area contributed by atoms with Gasteiger partial charge in [-0.05, 0) is 40.9 Å². The maximum absolute atomic E-state index is 11.1. The fourth-order valence-corrected chi connectivity index (χ4v) is 2.20. The number of rotatable bonds is 4. The topological polar surface area (TPSA) is 46.5 Å². The van der Waals surface area contributed by atoms with Crippen LogP contribution < -0.4 is 4.74 Å². The van der Waals surface area contributed by atoms with Gasteiger partial charge in [-0.2, -0.15) is 11.3 Å². The van der Waals surface area contributed by atoms with Crippen molar-refractivity contribution in [1.29, 1.82) is 0 Å². The van der Waals surface area contributed by atoms with E-state index in [1.165, 1.54) is 0 Å². The summed E-state index contributed by atoms with van der Waals surface area (Å²) in [6.45, 7) is 2.24. The molecule has 4 heteroatoms. The highest BCUT2D eigenvalue weighted by atomic mass is 32.1. The Labute approximate surface area is 103 Å². The van der Waals surface area contributed by atoms with Crippen LogP contribution in [0.4, 0.5) is 0 Å². The third-order valence-corrected chi connectivity index (χ3v) is 3.14. The number of para-hydroxylation sites is 1. The summed E-state index contributed by atoms with van der Waals surface area (Å²) >= 11 is 1.59. The van der Waals surface area contributed by atoms with Gasteiger partial charge < -0.3 is 9.84 Å². The Hall–Kier alpha value is -1.81. The van der Waals surface area contributed by atoms with Gasteiger partial charge in [-0.25, -0.2) is 4.79 Å². The standard InChI is InChI=1S/C13H12O3S/c1-9-3-2-4-11(13(14)15)12(9)16-7-10-5-6-17-8-10/h2-6,8H,7H2,1H3,(H,14,15). The molecule has 0 bridgehead atoms. The molecule has 0 aliphatic carbocycles. The van der Waals surface area contributed by atoms with Crippen molar-refractivity contribution in [2.45, 2.75) is 13.5 Å². The number of thiophene rings is 1. The Kier molecular flexibility index (Phi) is 3.44. The normalized spacial score (nSPS) is 10.2. The molecule has 0 unspecified atom stereocenters. The Morgan fingerprint density at radius 1 is 1.41 bits per heavy atom. The predicted octanol–water partition coefficient (Wildman–Crippen LogP) is 3.33. The molecule has 3 nitrogen and oxygen atoms in total. The van der Waals surface area contributed by atoms with Crippen molar-refractivity contribution in [1.82, 2.24) is 0 Å². The second-order valence-corrected chi connectivity index (χ2v) is 4.46. The molecule has 0 saturated carbocycles. The molecule has 1 aromatic carbocycles. The van der Waals surface area contributed by atoms with Crippen LogP contribution in [0.5, 0.6) is 5.75 Å². The van der Waals surface area contributed by atoms with E-state index >= 15 is 0 Å². The highest BCUT2D eigenvalue weighted by molar-refractivity contribution is 7.07. The van der Waals surface area contributed by atoms with Gasteiger partial charge >= 0.3 is 5.97 Å². The Bertz CT molecular complexity index is 517. The minimum Gasteiger partial charge on any atom is -0.488 e. The number of aromatic carboxylic acids is 1. The van der Waals surface area contributed by atoms with Crippen molar-refractivity contribution in [3.8, 4) is 5.75 Å². The molecule has 0 amide bonds. The molecule has 88 valence electrons. The Morgan fingerprint density at radius 2 is 2.24 bits per heavy atom. The number of aryl methyl sites for hydroxylation is 1. The van der Waals surface area contributed by atoms with Crippen molar-refractivity contribution in [3.63, 3.8) is 0 Å². The van der Waals surface area contributed by atoms with Gasteiger partial charge in [0.2, 0.25) is 0 Å². The van der Waals surface area contributed by atoms with Gasteiger partial charge in [0.15, 0.2) is 0 Å². The molecular weight excluding hydrogens is 236 g/mol. The first-order valence-electron chi connectivity index (χ1n) is 5.15. The van der Waals surface area contributed by atoms with Gasteiger partial charge in [-0.3, -0.25) is 0 Å². The van der Waals surface area contributed by atoms with E-state index in [4.69, 9.17) is 9.84 Å². The first-order chi connectivity index (χ1) is 8.18. The van der Waals surface area contributed by atoms with E-state index in [1.807, 2.05) is 29.8 Å². The lowest BCUT2D eigenvalue weighted by Crippen LogP contribution is -2.04. The van der Waals surface area contributed by atoms with Crippen LogP contribution in [-0.2, 0) is 6.61 Å². The van der Waals surface area contributed by atoms with E-state index in [1.54, 1.807) is 23.5 Å². The summed E-state index contributed by atoms with van der Waals surface area (Å²) in [6, 6.07) is 7.08. The number of hydrogen-bond acceptors (Lipinski definition) is 3. The van der Waals surface area contributed by atoms with Crippen LogP contribution in [0.25, 0.3) is 0 Å². The lowest BCUT2D eigenvalue weighted by atomic mass is 10.1. The van der Waals surface area contributed by atoms with Gasteiger partial charge in [0, 0.05) is 0 Å². The van der Waals surface area contributed by atoms with Crippen molar-refractivity contribution < 1.29 is 14.6 Å². The van der Waals surface area contributed by atoms with Crippen LogP contribution in [-0.4, -0.2) is 11.1 Å². The van der Waals surface area contributed by atoms with E-state index in [2.05, 4.69) is 0 Å². The van der Waals surface area contributed by atoms with Crippen LogP contribution in [0.3, 0.4) is 0 Å². The first-order valence-corrected chi connectivity index (χ1v) is 6.09. The second kappa shape index (κ2) is 5.01. The predicted molar refractivity (Wildman–Crippen MR) is 66.8 cm³/mol. The van der Waals surface area contributed by atoms with Crippen molar-refractivity contribution in [2.75, 3.05) is 0 Å². The molecule has 0 spiro atoms. The van der Waals surface area contributed by atoms with Gasteiger partial charge in [0.1, 0.15) is 17.9 Å². The lowest BCUT2D eigenvalue weighted by molar-refractivity contribution is 0.0691. The fraction of sp³-hybridized carbons (Fsp3) is 0.154. The van der Waals surface area contributed by atoms with Crippen LogP contribution in [0.2, 0.25) is 0 Å². The fourth-order valence-electron chi connectivity index (χ4n) is 1.54. The van der Waals surface area contributed by atoms with Crippen molar-refractivity contribution in [3.05, 3.63) is 51.7 Å². The van der Waals surface area contributed by atoms with Crippen LogP contribution in [0, 0.1) is 6.92 Å². The maximum Gasteiger partial charge on any atom is 0.339 e. The highest BCUT2D eigenvalue weighted by Gasteiger charge is 2.13. The quantitative estimate of drug-likeness (QED) is 0.902. The number of ether oxygens (including phenoxy) is 1. The molecule has 0 radical (unpaired) electrons. The number of carbonyl (C=O) groups is 1. The highest BCUT2D eigenvalue weighted by Crippen LogP contribution is 2.24. The van der Waals surface area contributed by atoms with Gasteiger partial charge in [0.05, 0.1) is 0 Å². The SMILES string of the molecule is Cc1cccc(C(=O)O)c1OCc1ccsc1. The largest absolute Gasteiger partial charge is 0.488 e. The van der Waals surface area contributed by atoms with Gasteiger partial charge in [-0.1, -0.05) is 12.1 Å². The summed E-state index contributed by atoms with van der Waals surface area (Å²) in [4.78, 5) is 11.1. The summed E-state index contributed by atoms with van der Waals surface area (Å²) in [5.74, 6) is -0.514. The number of hydrogen-bond donors (Lipinski definition) is 1. The molecule has 2 aromatic rings. The maximum atomic E-state index is 11.1. The zero-order valence-electron chi connectivity index (χ0n) is 9.34. The summed E-state index contributed by atoms with van der Waals surface area (Å²) in [5.41, 5.74) is 2.09. The lowest BCUT2D eigenvalue weighted by Gasteiger charge is -2.11. The molecule has 0 atom stereocenters. The zero-order valence-corrected chi connectivity index (χ0v) is 10.2. The first kappa shape index (κ1) is 11.7. The molecule has 17 heavy (non-hydrogen) atoms. The average molecular weight is 248 g/mol. The molecule has 1 heterocycles. The van der Waals surface area contributed by atoms with Crippen molar-refractivity contribution >= 4 is 17.3 Å². The van der Waals surface area contributed by atoms with Crippen LogP contribution >= 0.6 is 11.3 Å². The monoisotopic (exact) mass is 248 g/mol. The van der Waals surface area contributed by atoms with Crippen LogP contribution in [0.1, 0.15) is 21.5 Å². The van der Waals surface area contributed by atoms with E-state index in [-0.39, 0.29) is 5.56 Å². The second-order valence-electron chi connectivity index (χ2n) is 3.68. The van der Waals surface area contributed by atoms with Crippen molar-refractivity contribution in [2.24, 2.45) is 0 Å². The smallest absolute Gasteiger partial charge is 0.339 e. The summed E-state index contributed by atoms with van der Waals surface area (Å²) in [7, 11) is 0. The third kappa shape index (κ3) is 2.65. The zero-order chi connectivity index (χ0) is 12.3. The minimum absolute atomic E-state index is 0.209. The molecule has 0 aliphatic heterocycles. The number of carboxylic acids is 1. The Balaban J connectivity index is 2.22. The molecule has 1 aromatic heterocycles. The molecule has 0 aliphatic rings. The minimum atomic E-state index is -0.964.